The van der Waals surface area contributed by atoms with Crippen LogP contribution in [0.4, 0.5) is 0 Å². The maximum atomic E-state index is 11.6. The minimum absolute atomic E-state index is 0.0666. The first-order chi connectivity index (χ1) is 12.0. The molecule has 0 saturated heterocycles. The van der Waals surface area contributed by atoms with Gasteiger partial charge in [-0.15, -0.1) is 0 Å². The second-order valence-electron chi connectivity index (χ2n) is 4.72. The summed E-state index contributed by atoms with van der Waals surface area (Å²) in [7, 11) is 1.54. The lowest BCUT2D eigenvalue weighted by Gasteiger charge is -1.99. The molecule has 0 radical (unpaired) electrons. The number of esters is 2. The molecular formula is C17H20N2O6. The number of rotatable bonds is 6. The number of carbonyl (C=O) groups excluding carboxylic acids is 2. The van der Waals surface area contributed by atoms with Crippen LogP contribution in [0.25, 0.3) is 0 Å². The first kappa shape index (κ1) is 20.0. The van der Waals surface area contributed by atoms with E-state index in [9.17, 15) is 9.59 Å². The molecule has 0 atom stereocenters. The molecule has 0 saturated carbocycles. The standard InChI is InChI=1S/C11H10N2O3.C6H10O3/c1-7-3-5-9(6-4-7)10(14)15-11-12-8(2)16-13-11;1-3-6(7)9-5-4-8-2/h3-6H,1-2H3;3H,1,4-5H2,2H3. The molecule has 8 heteroatoms. The van der Waals surface area contributed by atoms with Gasteiger partial charge in [0.05, 0.1) is 12.2 Å². The summed E-state index contributed by atoms with van der Waals surface area (Å²) in [6.45, 7) is 7.51. The summed E-state index contributed by atoms with van der Waals surface area (Å²) in [6.07, 6.45) is 1.12. The van der Waals surface area contributed by atoms with Gasteiger partial charge in [-0.1, -0.05) is 24.3 Å². The van der Waals surface area contributed by atoms with Crippen molar-refractivity contribution in [2.45, 2.75) is 13.8 Å². The summed E-state index contributed by atoms with van der Waals surface area (Å²) in [4.78, 5) is 25.7. The fourth-order valence-electron chi connectivity index (χ4n) is 1.44. The Morgan fingerprint density at radius 1 is 1.20 bits per heavy atom. The Morgan fingerprint density at radius 3 is 2.40 bits per heavy atom. The van der Waals surface area contributed by atoms with Crippen LogP contribution in [0, 0.1) is 13.8 Å². The molecule has 0 aliphatic rings. The zero-order valence-electron chi connectivity index (χ0n) is 14.4. The summed E-state index contributed by atoms with van der Waals surface area (Å²) in [5.41, 5.74) is 1.53. The topological polar surface area (TPSA) is 101 Å². The van der Waals surface area contributed by atoms with Crippen LogP contribution in [0.15, 0.2) is 41.4 Å². The van der Waals surface area contributed by atoms with Gasteiger partial charge in [0.15, 0.2) is 0 Å². The Kier molecular flexibility index (Phi) is 8.59. The van der Waals surface area contributed by atoms with Gasteiger partial charge in [0.1, 0.15) is 6.61 Å². The number of benzene rings is 1. The molecule has 1 aromatic heterocycles. The van der Waals surface area contributed by atoms with Crippen molar-refractivity contribution in [3.63, 3.8) is 0 Å². The molecule has 0 spiro atoms. The van der Waals surface area contributed by atoms with E-state index >= 15 is 0 Å². The highest BCUT2D eigenvalue weighted by atomic mass is 16.6. The second kappa shape index (κ2) is 10.7. The molecule has 0 unspecified atom stereocenters. The van der Waals surface area contributed by atoms with Gasteiger partial charge in [-0.3, -0.25) is 0 Å². The molecule has 134 valence electrons. The van der Waals surface area contributed by atoms with Crippen LogP contribution in [0.2, 0.25) is 0 Å². The van der Waals surface area contributed by atoms with E-state index < -0.39 is 11.9 Å². The van der Waals surface area contributed by atoms with Gasteiger partial charge in [0, 0.05) is 20.1 Å². The van der Waals surface area contributed by atoms with Crippen LogP contribution in [0.5, 0.6) is 6.01 Å². The predicted octanol–water partition coefficient (Wildman–Crippen LogP) is 2.27. The summed E-state index contributed by atoms with van der Waals surface area (Å²) < 4.78 is 18.8. The first-order valence-corrected chi connectivity index (χ1v) is 7.33. The van der Waals surface area contributed by atoms with E-state index in [1.807, 2.05) is 19.1 Å². The molecule has 0 aliphatic carbocycles. The molecule has 0 aliphatic heterocycles. The number of hydrogen-bond acceptors (Lipinski definition) is 8. The summed E-state index contributed by atoms with van der Waals surface area (Å²) >= 11 is 0. The minimum atomic E-state index is -0.499. The Morgan fingerprint density at radius 2 is 1.88 bits per heavy atom. The molecule has 1 aromatic carbocycles. The third kappa shape index (κ3) is 7.89. The average molecular weight is 348 g/mol. The van der Waals surface area contributed by atoms with E-state index in [0.29, 0.717) is 24.7 Å². The van der Waals surface area contributed by atoms with Gasteiger partial charge in [-0.05, 0) is 24.2 Å². The van der Waals surface area contributed by atoms with Gasteiger partial charge >= 0.3 is 17.9 Å². The molecule has 1 heterocycles. The van der Waals surface area contributed by atoms with Crippen molar-refractivity contribution in [1.29, 1.82) is 0 Å². The number of aromatic nitrogens is 2. The third-order valence-corrected chi connectivity index (χ3v) is 2.68. The van der Waals surface area contributed by atoms with E-state index in [4.69, 9.17) is 4.74 Å². The van der Waals surface area contributed by atoms with Crippen LogP contribution in [0.3, 0.4) is 0 Å². The number of aryl methyl sites for hydroxylation is 2. The lowest BCUT2D eigenvalue weighted by Crippen LogP contribution is -2.09. The van der Waals surface area contributed by atoms with Gasteiger partial charge < -0.3 is 18.7 Å². The zero-order valence-corrected chi connectivity index (χ0v) is 14.4. The first-order valence-electron chi connectivity index (χ1n) is 7.33. The van der Waals surface area contributed by atoms with E-state index in [-0.39, 0.29) is 6.01 Å². The smallest absolute Gasteiger partial charge is 0.362 e. The van der Waals surface area contributed by atoms with Crippen LogP contribution >= 0.6 is 0 Å². The number of methoxy groups -OCH3 is 1. The van der Waals surface area contributed by atoms with Crippen molar-refractivity contribution in [2.75, 3.05) is 20.3 Å². The largest absolute Gasteiger partial charge is 0.460 e. The highest BCUT2D eigenvalue weighted by Crippen LogP contribution is 2.09. The van der Waals surface area contributed by atoms with Crippen molar-refractivity contribution in [3.05, 3.63) is 53.9 Å². The van der Waals surface area contributed by atoms with Gasteiger partial charge in [0.2, 0.25) is 5.89 Å². The van der Waals surface area contributed by atoms with Crippen LogP contribution in [0.1, 0.15) is 21.8 Å². The number of hydrogen-bond donors (Lipinski definition) is 0. The molecule has 0 N–H and O–H groups in total. The van der Waals surface area contributed by atoms with Gasteiger partial charge in [-0.2, -0.15) is 4.98 Å². The number of nitrogens with zero attached hydrogens (tertiary/aromatic N) is 2. The zero-order chi connectivity index (χ0) is 18.7. The van der Waals surface area contributed by atoms with Crippen LogP contribution in [-0.4, -0.2) is 42.4 Å². The third-order valence-electron chi connectivity index (χ3n) is 2.68. The predicted molar refractivity (Wildman–Crippen MR) is 88.2 cm³/mol. The van der Waals surface area contributed by atoms with Crippen molar-refractivity contribution in [3.8, 4) is 6.01 Å². The fraction of sp³-hybridized carbons (Fsp3) is 0.294. The molecule has 8 nitrogen and oxygen atoms in total. The van der Waals surface area contributed by atoms with E-state index in [2.05, 4.69) is 30.7 Å². The molecule has 0 bridgehead atoms. The Bertz CT molecular complexity index is 693. The Labute approximate surface area is 145 Å². The molecule has 25 heavy (non-hydrogen) atoms. The molecule has 0 amide bonds. The molecule has 0 fully saturated rings. The lowest BCUT2D eigenvalue weighted by atomic mass is 10.2. The molecule has 2 rings (SSSR count). The fourth-order valence-corrected chi connectivity index (χ4v) is 1.44. The summed E-state index contributed by atoms with van der Waals surface area (Å²) in [6, 6.07) is 6.97. The number of ether oxygens (including phenoxy) is 3. The summed E-state index contributed by atoms with van der Waals surface area (Å²) in [5, 5.41) is 3.47. The van der Waals surface area contributed by atoms with E-state index in [0.717, 1.165) is 11.6 Å². The highest BCUT2D eigenvalue weighted by molar-refractivity contribution is 5.90. The van der Waals surface area contributed by atoms with E-state index in [1.165, 1.54) is 0 Å². The molecular weight excluding hydrogens is 328 g/mol. The van der Waals surface area contributed by atoms with E-state index in [1.54, 1.807) is 26.2 Å². The van der Waals surface area contributed by atoms with Gasteiger partial charge in [-0.25, -0.2) is 9.59 Å². The maximum absolute atomic E-state index is 11.6. The summed E-state index contributed by atoms with van der Waals surface area (Å²) in [5.74, 6) is -0.556. The van der Waals surface area contributed by atoms with Crippen molar-refractivity contribution in [1.82, 2.24) is 10.1 Å². The van der Waals surface area contributed by atoms with Crippen LogP contribution in [-0.2, 0) is 14.3 Å². The van der Waals surface area contributed by atoms with Crippen LogP contribution < -0.4 is 4.74 Å². The van der Waals surface area contributed by atoms with Crippen molar-refractivity contribution >= 4 is 11.9 Å². The minimum Gasteiger partial charge on any atom is -0.460 e. The lowest BCUT2D eigenvalue weighted by molar-refractivity contribution is -0.138. The number of carbonyl (C=O) groups is 2. The average Bonchev–Trinajstić information content (AvgIpc) is 3.01. The van der Waals surface area contributed by atoms with Crippen molar-refractivity contribution < 1.29 is 28.3 Å². The Hall–Kier alpha value is -3.00. The second-order valence-corrected chi connectivity index (χ2v) is 4.72. The van der Waals surface area contributed by atoms with Gasteiger partial charge in [0.25, 0.3) is 0 Å². The molecule has 2 aromatic rings. The Balaban J connectivity index is 0.000000299. The SMILES string of the molecule is C=CC(=O)OCCOC.Cc1ccc(C(=O)Oc2noc(C)n2)cc1. The normalized spacial score (nSPS) is 9.56. The monoisotopic (exact) mass is 348 g/mol. The van der Waals surface area contributed by atoms with Crippen molar-refractivity contribution in [2.24, 2.45) is 0 Å². The highest BCUT2D eigenvalue weighted by Gasteiger charge is 2.11. The maximum Gasteiger partial charge on any atom is 0.362 e. The quantitative estimate of drug-likeness (QED) is 0.445.